The molecule has 0 amide bonds. The fourth-order valence-corrected chi connectivity index (χ4v) is 1.89. The second-order valence-corrected chi connectivity index (χ2v) is 4.73. The van der Waals surface area contributed by atoms with Crippen molar-refractivity contribution in [2.75, 3.05) is 0 Å². The molecule has 0 saturated carbocycles. The molecule has 3 aromatic rings. The SMILES string of the molecule is O=C(n1cncn1)n1nc(-c2ccccc2)nc1C(F)(F)C(F)(F)F. The van der Waals surface area contributed by atoms with E-state index in [-0.39, 0.29) is 10.2 Å². The van der Waals surface area contributed by atoms with Gasteiger partial charge in [0.2, 0.25) is 5.82 Å². The van der Waals surface area contributed by atoms with Gasteiger partial charge in [0.05, 0.1) is 0 Å². The highest BCUT2D eigenvalue weighted by atomic mass is 19.4. The van der Waals surface area contributed by atoms with Gasteiger partial charge < -0.3 is 0 Å². The fraction of sp³-hybridized carbons (Fsp3) is 0.154. The molecular weight excluding hydrogens is 351 g/mol. The predicted molar refractivity (Wildman–Crippen MR) is 71.6 cm³/mol. The Balaban J connectivity index is 2.18. The third-order valence-corrected chi connectivity index (χ3v) is 3.07. The topological polar surface area (TPSA) is 78.5 Å². The summed E-state index contributed by atoms with van der Waals surface area (Å²) in [5.74, 6) is -7.73. The van der Waals surface area contributed by atoms with Gasteiger partial charge in [-0.25, -0.2) is 14.8 Å². The summed E-state index contributed by atoms with van der Waals surface area (Å²) in [6.45, 7) is 0. The minimum atomic E-state index is -5.96. The van der Waals surface area contributed by atoms with Crippen molar-refractivity contribution < 1.29 is 26.7 Å². The largest absolute Gasteiger partial charge is 0.461 e. The maximum Gasteiger partial charge on any atom is 0.461 e. The van der Waals surface area contributed by atoms with Crippen molar-refractivity contribution in [3.8, 4) is 11.4 Å². The molecular formula is C13H7F5N6O. The highest BCUT2D eigenvalue weighted by molar-refractivity contribution is 5.78. The molecule has 7 nitrogen and oxygen atoms in total. The van der Waals surface area contributed by atoms with Gasteiger partial charge >= 0.3 is 18.1 Å². The molecule has 0 fully saturated rings. The van der Waals surface area contributed by atoms with E-state index < -0.39 is 29.8 Å². The summed E-state index contributed by atoms with van der Waals surface area (Å²) in [6, 6.07) is 6.04. The van der Waals surface area contributed by atoms with E-state index in [4.69, 9.17) is 0 Å². The van der Waals surface area contributed by atoms with Crippen LogP contribution >= 0.6 is 0 Å². The molecule has 0 saturated heterocycles. The van der Waals surface area contributed by atoms with Crippen LogP contribution in [-0.4, -0.2) is 41.7 Å². The van der Waals surface area contributed by atoms with Crippen LogP contribution < -0.4 is 0 Å². The molecule has 0 unspecified atom stereocenters. The Bertz CT molecular complexity index is 888. The van der Waals surface area contributed by atoms with Gasteiger partial charge in [-0.05, 0) is 0 Å². The van der Waals surface area contributed by atoms with Gasteiger partial charge in [-0.1, -0.05) is 30.3 Å². The van der Waals surface area contributed by atoms with Crippen molar-refractivity contribution >= 4 is 6.03 Å². The molecule has 130 valence electrons. The van der Waals surface area contributed by atoms with E-state index in [1.807, 2.05) is 0 Å². The standard InChI is InChI=1S/C13H7F5N6O/c14-12(15,13(16,17)18)10-21-9(8-4-2-1-3-5-8)22-24(10)11(25)23-7-19-6-20-23/h1-7H. The molecule has 0 atom stereocenters. The first-order chi connectivity index (χ1) is 11.7. The molecule has 1 aromatic carbocycles. The number of alkyl halides is 5. The van der Waals surface area contributed by atoms with Gasteiger partial charge in [-0.15, -0.1) is 5.10 Å². The first-order valence-corrected chi connectivity index (χ1v) is 6.58. The zero-order valence-corrected chi connectivity index (χ0v) is 12.0. The van der Waals surface area contributed by atoms with E-state index >= 15 is 0 Å². The van der Waals surface area contributed by atoms with Crippen molar-refractivity contribution in [1.29, 1.82) is 0 Å². The maximum atomic E-state index is 13.8. The Morgan fingerprint density at radius 1 is 1.04 bits per heavy atom. The van der Waals surface area contributed by atoms with Gasteiger partial charge in [0, 0.05) is 5.56 Å². The molecule has 12 heteroatoms. The predicted octanol–water partition coefficient (Wildman–Crippen LogP) is 2.71. The second kappa shape index (κ2) is 5.72. The number of carbonyl (C=O) groups excluding carboxylic acids is 1. The van der Waals surface area contributed by atoms with Crippen molar-refractivity contribution in [3.63, 3.8) is 0 Å². The minimum Gasteiger partial charge on any atom is -0.243 e. The van der Waals surface area contributed by atoms with E-state index in [0.717, 1.165) is 12.7 Å². The maximum absolute atomic E-state index is 13.8. The lowest BCUT2D eigenvalue weighted by Gasteiger charge is -2.18. The summed E-state index contributed by atoms with van der Waals surface area (Å²) >= 11 is 0. The Labute approximate surface area is 135 Å². The molecule has 0 aliphatic rings. The zero-order chi connectivity index (χ0) is 18.2. The van der Waals surface area contributed by atoms with Gasteiger partial charge in [0.15, 0.2) is 5.82 Å². The third-order valence-electron chi connectivity index (χ3n) is 3.07. The van der Waals surface area contributed by atoms with E-state index in [0.29, 0.717) is 4.68 Å². The highest BCUT2D eigenvalue weighted by Gasteiger charge is 2.62. The van der Waals surface area contributed by atoms with E-state index in [1.54, 1.807) is 6.07 Å². The zero-order valence-electron chi connectivity index (χ0n) is 12.0. The molecule has 0 bridgehead atoms. The summed E-state index contributed by atoms with van der Waals surface area (Å²) in [6.07, 6.45) is -4.22. The summed E-state index contributed by atoms with van der Waals surface area (Å²) in [7, 11) is 0. The molecule has 0 aliphatic carbocycles. The number of carbonyl (C=O) groups is 1. The van der Waals surface area contributed by atoms with Crippen molar-refractivity contribution in [3.05, 3.63) is 48.8 Å². The fourth-order valence-electron chi connectivity index (χ4n) is 1.89. The minimum absolute atomic E-state index is 0.134. The lowest BCUT2D eigenvalue weighted by atomic mass is 10.2. The molecule has 0 radical (unpaired) electrons. The molecule has 0 N–H and O–H groups in total. The number of rotatable bonds is 2. The quantitative estimate of drug-likeness (QED) is 0.658. The summed E-state index contributed by atoms with van der Waals surface area (Å²) in [5.41, 5.74) is 0.159. The second-order valence-electron chi connectivity index (χ2n) is 4.73. The normalized spacial score (nSPS) is 12.4. The number of hydrogen-bond acceptors (Lipinski definition) is 5. The van der Waals surface area contributed by atoms with Crippen LogP contribution in [0, 0.1) is 0 Å². The monoisotopic (exact) mass is 358 g/mol. The summed E-state index contributed by atoms with van der Waals surface area (Å²) < 4.78 is 66.2. The van der Waals surface area contributed by atoms with Crippen LogP contribution in [0.15, 0.2) is 43.0 Å². The van der Waals surface area contributed by atoms with E-state index in [1.165, 1.54) is 24.3 Å². The van der Waals surface area contributed by atoms with E-state index in [2.05, 4.69) is 20.2 Å². The number of halogens is 5. The summed E-state index contributed by atoms with van der Waals surface area (Å²) in [5, 5.41) is 6.90. The summed E-state index contributed by atoms with van der Waals surface area (Å²) in [4.78, 5) is 18.8. The first-order valence-electron chi connectivity index (χ1n) is 6.58. The molecule has 3 rings (SSSR count). The van der Waals surface area contributed by atoms with Crippen LogP contribution in [0.2, 0.25) is 0 Å². The molecule has 2 heterocycles. The van der Waals surface area contributed by atoms with Crippen molar-refractivity contribution in [2.45, 2.75) is 12.1 Å². The van der Waals surface area contributed by atoms with Crippen molar-refractivity contribution in [1.82, 2.24) is 29.5 Å². The average Bonchev–Trinajstić information content (AvgIpc) is 3.24. The lowest BCUT2D eigenvalue weighted by molar-refractivity contribution is -0.293. The Kier molecular flexibility index (Phi) is 3.81. The van der Waals surface area contributed by atoms with Gasteiger partial charge in [-0.2, -0.15) is 36.4 Å². The first kappa shape index (κ1) is 16.7. The molecule has 0 spiro atoms. The van der Waals surface area contributed by atoms with E-state index in [9.17, 15) is 26.7 Å². The number of hydrogen-bond donors (Lipinski definition) is 0. The third kappa shape index (κ3) is 2.86. The van der Waals surface area contributed by atoms with Gasteiger partial charge in [-0.3, -0.25) is 0 Å². The smallest absolute Gasteiger partial charge is 0.243 e. The van der Waals surface area contributed by atoms with Crippen LogP contribution in [0.5, 0.6) is 0 Å². The lowest BCUT2D eigenvalue weighted by Crippen LogP contribution is -2.38. The molecule has 2 aromatic heterocycles. The average molecular weight is 358 g/mol. The number of benzene rings is 1. The van der Waals surface area contributed by atoms with Crippen LogP contribution in [0.4, 0.5) is 26.7 Å². The van der Waals surface area contributed by atoms with Gasteiger partial charge in [0.25, 0.3) is 0 Å². The highest BCUT2D eigenvalue weighted by Crippen LogP contribution is 2.43. The Morgan fingerprint density at radius 3 is 2.28 bits per heavy atom. The van der Waals surface area contributed by atoms with Crippen LogP contribution in [-0.2, 0) is 5.92 Å². The van der Waals surface area contributed by atoms with Crippen molar-refractivity contribution in [2.24, 2.45) is 0 Å². The van der Waals surface area contributed by atoms with Crippen LogP contribution in [0.3, 0.4) is 0 Å². The van der Waals surface area contributed by atoms with Gasteiger partial charge in [0.1, 0.15) is 12.7 Å². The number of aromatic nitrogens is 6. The van der Waals surface area contributed by atoms with Crippen LogP contribution in [0.25, 0.3) is 11.4 Å². The number of nitrogens with zero attached hydrogens (tertiary/aromatic N) is 6. The Hall–Kier alpha value is -3.18. The Morgan fingerprint density at radius 2 is 1.72 bits per heavy atom. The molecule has 25 heavy (non-hydrogen) atoms. The van der Waals surface area contributed by atoms with Crippen LogP contribution in [0.1, 0.15) is 5.82 Å². The molecule has 0 aliphatic heterocycles.